The summed E-state index contributed by atoms with van der Waals surface area (Å²) >= 11 is 0. The summed E-state index contributed by atoms with van der Waals surface area (Å²) in [5.41, 5.74) is 3.25. The van der Waals surface area contributed by atoms with Crippen molar-refractivity contribution in [3.63, 3.8) is 0 Å². The molecule has 1 N–H and O–H groups in total. The fraction of sp³-hybridized carbons (Fsp3) is 0.190. The molecule has 0 aliphatic heterocycles. The van der Waals surface area contributed by atoms with Crippen molar-refractivity contribution in [3.05, 3.63) is 71.5 Å². The summed E-state index contributed by atoms with van der Waals surface area (Å²) in [5.74, 6) is 0.979. The molecule has 0 atom stereocenters. The van der Waals surface area contributed by atoms with Gasteiger partial charge >= 0.3 is 6.01 Å². The Hall–Kier alpha value is -3.41. The second kappa shape index (κ2) is 8.31. The molecule has 0 unspecified atom stereocenters. The van der Waals surface area contributed by atoms with Gasteiger partial charge in [0.15, 0.2) is 6.61 Å². The third-order valence-corrected chi connectivity index (χ3v) is 3.74. The zero-order chi connectivity index (χ0) is 19.2. The van der Waals surface area contributed by atoms with Crippen molar-refractivity contribution in [2.24, 2.45) is 0 Å². The Kier molecular flexibility index (Phi) is 5.66. The van der Waals surface area contributed by atoms with Crippen LogP contribution in [0, 0.1) is 20.8 Å². The van der Waals surface area contributed by atoms with Gasteiger partial charge < -0.3 is 14.8 Å². The quantitative estimate of drug-likeness (QED) is 0.710. The summed E-state index contributed by atoms with van der Waals surface area (Å²) in [5, 5.41) is 2.80. The Morgan fingerprint density at radius 1 is 0.963 bits per heavy atom. The molecule has 1 aromatic heterocycles. The number of ether oxygens (including phenoxy) is 2. The van der Waals surface area contributed by atoms with Crippen LogP contribution in [0.2, 0.25) is 0 Å². The molecule has 0 fully saturated rings. The predicted molar refractivity (Wildman–Crippen MR) is 103 cm³/mol. The molecule has 0 bridgehead atoms. The van der Waals surface area contributed by atoms with E-state index in [0.717, 1.165) is 17.0 Å². The Bertz CT molecular complexity index is 937. The molecule has 0 aliphatic carbocycles. The van der Waals surface area contributed by atoms with Crippen molar-refractivity contribution in [3.8, 4) is 17.5 Å². The van der Waals surface area contributed by atoms with Gasteiger partial charge in [-0.25, -0.2) is 9.97 Å². The van der Waals surface area contributed by atoms with Crippen molar-refractivity contribution in [2.75, 3.05) is 11.9 Å². The largest absolute Gasteiger partial charge is 0.483 e. The van der Waals surface area contributed by atoms with E-state index in [-0.39, 0.29) is 18.5 Å². The molecule has 1 amide bonds. The number of nitrogens with one attached hydrogen (secondary N) is 1. The van der Waals surface area contributed by atoms with Gasteiger partial charge in [0.05, 0.1) is 0 Å². The minimum atomic E-state index is -0.252. The van der Waals surface area contributed by atoms with Crippen LogP contribution in [0.1, 0.15) is 17.0 Å². The number of amides is 1. The lowest BCUT2D eigenvalue weighted by Gasteiger charge is -2.10. The molecule has 6 heteroatoms. The van der Waals surface area contributed by atoms with Crippen molar-refractivity contribution >= 4 is 11.6 Å². The smallest absolute Gasteiger partial charge is 0.322 e. The minimum absolute atomic E-state index is 0.0733. The summed E-state index contributed by atoms with van der Waals surface area (Å²) in [4.78, 5) is 20.7. The third-order valence-electron chi connectivity index (χ3n) is 3.74. The highest BCUT2D eigenvalue weighted by Gasteiger charge is 2.07. The molecule has 27 heavy (non-hydrogen) atoms. The van der Waals surface area contributed by atoms with Crippen LogP contribution in [-0.2, 0) is 4.79 Å². The van der Waals surface area contributed by atoms with Crippen molar-refractivity contribution in [1.82, 2.24) is 9.97 Å². The van der Waals surface area contributed by atoms with E-state index in [1.165, 1.54) is 0 Å². The zero-order valence-electron chi connectivity index (χ0n) is 15.5. The summed E-state index contributed by atoms with van der Waals surface area (Å²) in [7, 11) is 0. The molecule has 1 heterocycles. The topological polar surface area (TPSA) is 73.3 Å². The van der Waals surface area contributed by atoms with E-state index >= 15 is 0 Å². The number of hydrogen-bond acceptors (Lipinski definition) is 5. The highest BCUT2D eigenvalue weighted by Crippen LogP contribution is 2.22. The number of carbonyl (C=O) groups excluding carboxylic acids is 1. The van der Waals surface area contributed by atoms with E-state index in [0.29, 0.717) is 17.2 Å². The highest BCUT2D eigenvalue weighted by molar-refractivity contribution is 5.92. The SMILES string of the molecule is Cc1cc(C)nc(Oc2cccc(NC(=O)COc3ccccc3C)c2)n1. The first-order valence-electron chi connectivity index (χ1n) is 8.58. The van der Waals surface area contributed by atoms with E-state index in [1.807, 2.05) is 51.1 Å². The fourth-order valence-corrected chi connectivity index (χ4v) is 2.54. The van der Waals surface area contributed by atoms with Crippen molar-refractivity contribution in [2.45, 2.75) is 20.8 Å². The fourth-order valence-electron chi connectivity index (χ4n) is 2.54. The molecule has 138 valence electrons. The van der Waals surface area contributed by atoms with Crippen LogP contribution in [0.4, 0.5) is 5.69 Å². The first kappa shape index (κ1) is 18.4. The summed E-state index contributed by atoms with van der Waals surface area (Å²) < 4.78 is 11.3. The lowest BCUT2D eigenvalue weighted by Crippen LogP contribution is -2.20. The standard InChI is InChI=1S/C21H21N3O3/c1-14-7-4-5-10-19(14)26-13-20(25)24-17-8-6-9-18(12-17)27-21-22-15(2)11-16(3)23-21/h4-12H,13H2,1-3H3,(H,24,25). The second-order valence-corrected chi connectivity index (χ2v) is 6.17. The van der Waals surface area contributed by atoms with Crippen LogP contribution in [0.5, 0.6) is 17.5 Å². The number of para-hydroxylation sites is 1. The number of carbonyl (C=O) groups is 1. The summed E-state index contributed by atoms with van der Waals surface area (Å²) in [6.45, 7) is 5.62. The number of rotatable bonds is 6. The number of anilines is 1. The van der Waals surface area contributed by atoms with Crippen LogP contribution in [-0.4, -0.2) is 22.5 Å². The maximum atomic E-state index is 12.2. The summed E-state index contributed by atoms with van der Waals surface area (Å²) in [6, 6.07) is 16.8. The Balaban J connectivity index is 1.61. The molecule has 0 saturated carbocycles. The Labute approximate surface area is 158 Å². The number of aromatic nitrogens is 2. The molecule has 2 aromatic carbocycles. The van der Waals surface area contributed by atoms with Crippen LogP contribution < -0.4 is 14.8 Å². The molecule has 0 spiro atoms. The van der Waals surface area contributed by atoms with Gasteiger partial charge in [0, 0.05) is 23.1 Å². The molecule has 0 aliphatic rings. The second-order valence-electron chi connectivity index (χ2n) is 6.17. The van der Waals surface area contributed by atoms with E-state index in [2.05, 4.69) is 15.3 Å². The van der Waals surface area contributed by atoms with E-state index in [1.54, 1.807) is 24.3 Å². The lowest BCUT2D eigenvalue weighted by molar-refractivity contribution is -0.118. The lowest BCUT2D eigenvalue weighted by atomic mass is 10.2. The van der Waals surface area contributed by atoms with Gasteiger partial charge in [0.1, 0.15) is 11.5 Å². The molecular weight excluding hydrogens is 342 g/mol. The zero-order valence-corrected chi connectivity index (χ0v) is 15.5. The molecule has 0 radical (unpaired) electrons. The third kappa shape index (κ3) is 5.28. The average Bonchev–Trinajstić information content (AvgIpc) is 2.60. The van der Waals surface area contributed by atoms with E-state index < -0.39 is 0 Å². The first-order chi connectivity index (χ1) is 13.0. The number of benzene rings is 2. The molecule has 6 nitrogen and oxygen atoms in total. The van der Waals surface area contributed by atoms with Crippen LogP contribution in [0.15, 0.2) is 54.6 Å². The molecule has 0 saturated heterocycles. The van der Waals surface area contributed by atoms with Gasteiger partial charge in [-0.15, -0.1) is 0 Å². The van der Waals surface area contributed by atoms with Crippen LogP contribution in [0.3, 0.4) is 0 Å². The highest BCUT2D eigenvalue weighted by atomic mass is 16.5. The number of hydrogen-bond donors (Lipinski definition) is 1. The average molecular weight is 363 g/mol. The van der Waals surface area contributed by atoms with E-state index in [4.69, 9.17) is 9.47 Å². The normalized spacial score (nSPS) is 10.3. The van der Waals surface area contributed by atoms with Gasteiger partial charge in [0.25, 0.3) is 5.91 Å². The van der Waals surface area contributed by atoms with E-state index in [9.17, 15) is 4.79 Å². The maximum absolute atomic E-state index is 12.2. The van der Waals surface area contributed by atoms with Gasteiger partial charge in [-0.3, -0.25) is 4.79 Å². The number of aryl methyl sites for hydroxylation is 3. The number of nitrogens with zero attached hydrogens (tertiary/aromatic N) is 2. The molecule has 3 aromatic rings. The monoisotopic (exact) mass is 363 g/mol. The molecule has 3 rings (SSSR count). The minimum Gasteiger partial charge on any atom is -0.483 e. The van der Waals surface area contributed by atoms with Gasteiger partial charge in [0.2, 0.25) is 0 Å². The Morgan fingerprint density at radius 2 is 1.70 bits per heavy atom. The van der Waals surface area contributed by atoms with Crippen molar-refractivity contribution in [1.29, 1.82) is 0 Å². The van der Waals surface area contributed by atoms with Crippen LogP contribution in [0.25, 0.3) is 0 Å². The van der Waals surface area contributed by atoms with Gasteiger partial charge in [-0.1, -0.05) is 24.3 Å². The maximum Gasteiger partial charge on any atom is 0.322 e. The Morgan fingerprint density at radius 3 is 2.44 bits per heavy atom. The molecular formula is C21H21N3O3. The first-order valence-corrected chi connectivity index (χ1v) is 8.58. The predicted octanol–water partition coefficient (Wildman–Crippen LogP) is 4.21. The van der Waals surface area contributed by atoms with Gasteiger partial charge in [-0.2, -0.15) is 0 Å². The van der Waals surface area contributed by atoms with Crippen LogP contribution >= 0.6 is 0 Å². The summed E-state index contributed by atoms with van der Waals surface area (Å²) in [6.07, 6.45) is 0. The van der Waals surface area contributed by atoms with Gasteiger partial charge in [-0.05, 0) is 50.6 Å². The van der Waals surface area contributed by atoms with Crippen molar-refractivity contribution < 1.29 is 14.3 Å².